The molecule has 2 heterocycles. The van der Waals surface area contributed by atoms with Crippen molar-refractivity contribution in [3.63, 3.8) is 0 Å². The van der Waals surface area contributed by atoms with Crippen LogP contribution in [0.5, 0.6) is 0 Å². The van der Waals surface area contributed by atoms with Gasteiger partial charge in [-0.15, -0.1) is 11.3 Å². The van der Waals surface area contributed by atoms with Crippen LogP contribution in [0.25, 0.3) is 15.9 Å². The van der Waals surface area contributed by atoms with Crippen LogP contribution in [-0.4, -0.2) is 21.6 Å². The molecular formula is C24H23N3O3S. The highest BCUT2D eigenvalue weighted by Gasteiger charge is 2.20. The van der Waals surface area contributed by atoms with E-state index in [0.717, 1.165) is 21.4 Å². The van der Waals surface area contributed by atoms with Crippen LogP contribution in [0.4, 0.5) is 5.69 Å². The minimum Gasteiger partial charge on any atom is -0.311 e. The first kappa shape index (κ1) is 20.8. The molecule has 0 N–H and O–H groups in total. The molecule has 7 heteroatoms. The van der Waals surface area contributed by atoms with Gasteiger partial charge >= 0.3 is 5.69 Å². The Labute approximate surface area is 183 Å². The number of nitrogens with zero attached hydrogens (tertiary/aromatic N) is 3. The number of carbonyl (C=O) groups excluding carboxylic acids is 1. The van der Waals surface area contributed by atoms with Crippen molar-refractivity contribution in [2.45, 2.75) is 27.3 Å². The number of hydrogen-bond acceptors (Lipinski definition) is 4. The highest BCUT2D eigenvalue weighted by atomic mass is 32.1. The normalized spacial score (nSPS) is 11.1. The largest absolute Gasteiger partial charge is 0.336 e. The van der Waals surface area contributed by atoms with Crippen LogP contribution in [0.3, 0.4) is 0 Å². The summed E-state index contributed by atoms with van der Waals surface area (Å²) >= 11 is 1.27. The average Bonchev–Trinajstić information content (AvgIpc) is 3.22. The molecule has 0 unspecified atom stereocenters. The van der Waals surface area contributed by atoms with Gasteiger partial charge in [0.15, 0.2) is 0 Å². The Morgan fingerprint density at radius 3 is 2.39 bits per heavy atom. The standard InChI is InChI=1S/C24H23N3O3S/c1-4-25(18-9-5-7-16(2)13-18)21(28)15-26-20-11-12-31-22(20)23(29)27(24(26)30)19-10-6-8-17(3)14-19/h5-14H,4,15H2,1-3H3. The summed E-state index contributed by atoms with van der Waals surface area (Å²) in [4.78, 5) is 41.4. The summed E-state index contributed by atoms with van der Waals surface area (Å²) in [6.45, 7) is 6.10. The number of carbonyl (C=O) groups is 1. The number of amides is 1. The van der Waals surface area contributed by atoms with Crippen LogP contribution in [0.15, 0.2) is 69.6 Å². The molecule has 2 aromatic carbocycles. The Morgan fingerprint density at radius 1 is 1.00 bits per heavy atom. The smallest absolute Gasteiger partial charge is 0.311 e. The molecule has 1 amide bonds. The van der Waals surface area contributed by atoms with Gasteiger partial charge in [-0.05, 0) is 67.6 Å². The second kappa shape index (κ2) is 8.35. The molecule has 158 valence electrons. The fourth-order valence-electron chi connectivity index (χ4n) is 3.75. The van der Waals surface area contributed by atoms with Crippen molar-refractivity contribution in [2.75, 3.05) is 11.4 Å². The predicted molar refractivity (Wildman–Crippen MR) is 126 cm³/mol. The van der Waals surface area contributed by atoms with E-state index in [9.17, 15) is 14.4 Å². The van der Waals surface area contributed by atoms with Gasteiger partial charge in [0.2, 0.25) is 5.91 Å². The summed E-state index contributed by atoms with van der Waals surface area (Å²) in [6, 6.07) is 16.7. The quantitative estimate of drug-likeness (QED) is 0.480. The highest BCUT2D eigenvalue weighted by molar-refractivity contribution is 7.17. The maximum absolute atomic E-state index is 13.4. The van der Waals surface area contributed by atoms with Gasteiger partial charge in [0, 0.05) is 12.2 Å². The summed E-state index contributed by atoms with van der Waals surface area (Å²) < 4.78 is 3.01. The molecular weight excluding hydrogens is 410 g/mol. The molecule has 0 saturated heterocycles. The van der Waals surface area contributed by atoms with Crippen molar-refractivity contribution in [1.82, 2.24) is 9.13 Å². The Morgan fingerprint density at radius 2 is 1.71 bits per heavy atom. The van der Waals surface area contributed by atoms with Crippen LogP contribution < -0.4 is 16.1 Å². The second-order valence-electron chi connectivity index (χ2n) is 7.46. The van der Waals surface area contributed by atoms with Crippen molar-refractivity contribution in [3.8, 4) is 5.69 Å². The second-order valence-corrected chi connectivity index (χ2v) is 8.38. The predicted octanol–water partition coefficient (Wildman–Crippen LogP) is 3.88. The van der Waals surface area contributed by atoms with Crippen LogP contribution in [0.2, 0.25) is 0 Å². The lowest BCUT2D eigenvalue weighted by Crippen LogP contribution is -2.42. The lowest BCUT2D eigenvalue weighted by atomic mass is 10.2. The van der Waals surface area contributed by atoms with Gasteiger partial charge in [0.05, 0.1) is 11.2 Å². The molecule has 0 spiro atoms. The Hall–Kier alpha value is -3.45. The molecule has 31 heavy (non-hydrogen) atoms. The number of benzene rings is 2. The molecule has 0 bridgehead atoms. The summed E-state index contributed by atoms with van der Waals surface area (Å²) in [5.41, 5.74) is 2.87. The van der Waals surface area contributed by atoms with Gasteiger partial charge < -0.3 is 4.90 Å². The Kier molecular flexibility index (Phi) is 5.61. The fourth-order valence-corrected chi connectivity index (χ4v) is 4.58. The van der Waals surface area contributed by atoms with Gasteiger partial charge in [0.1, 0.15) is 11.2 Å². The number of thiophene rings is 1. The van der Waals surface area contributed by atoms with Gasteiger partial charge in [-0.25, -0.2) is 9.36 Å². The topological polar surface area (TPSA) is 64.3 Å². The van der Waals surface area contributed by atoms with Crippen molar-refractivity contribution >= 4 is 33.1 Å². The SMILES string of the molecule is CCN(C(=O)Cn1c(=O)n(-c2cccc(C)c2)c(=O)c2sccc21)c1cccc(C)c1. The first-order valence-electron chi connectivity index (χ1n) is 10.1. The van der Waals surface area contributed by atoms with Crippen molar-refractivity contribution < 1.29 is 4.79 Å². The number of rotatable bonds is 5. The first-order chi connectivity index (χ1) is 14.9. The van der Waals surface area contributed by atoms with E-state index in [2.05, 4.69) is 0 Å². The summed E-state index contributed by atoms with van der Waals surface area (Å²) in [5, 5.41) is 1.77. The molecule has 0 saturated carbocycles. The Balaban J connectivity index is 1.84. The molecule has 4 aromatic rings. The van der Waals surface area contributed by atoms with E-state index in [1.165, 1.54) is 15.9 Å². The van der Waals surface area contributed by atoms with E-state index < -0.39 is 5.69 Å². The van der Waals surface area contributed by atoms with Crippen molar-refractivity contribution in [3.05, 3.63) is 91.9 Å². The zero-order valence-corrected chi connectivity index (χ0v) is 18.5. The van der Waals surface area contributed by atoms with Crippen LogP contribution in [0, 0.1) is 13.8 Å². The molecule has 0 atom stereocenters. The minimum absolute atomic E-state index is 0.153. The summed E-state index contributed by atoms with van der Waals surface area (Å²) in [7, 11) is 0. The number of aromatic nitrogens is 2. The molecule has 0 aliphatic rings. The third kappa shape index (κ3) is 3.84. The van der Waals surface area contributed by atoms with E-state index in [-0.39, 0.29) is 18.0 Å². The molecule has 4 rings (SSSR count). The zero-order chi connectivity index (χ0) is 22.1. The summed E-state index contributed by atoms with van der Waals surface area (Å²) in [6.07, 6.45) is 0. The molecule has 6 nitrogen and oxygen atoms in total. The van der Waals surface area contributed by atoms with E-state index in [1.807, 2.05) is 51.1 Å². The number of hydrogen-bond donors (Lipinski definition) is 0. The number of anilines is 1. The number of fused-ring (bicyclic) bond motifs is 1. The van der Waals surface area contributed by atoms with E-state index in [1.54, 1.807) is 34.5 Å². The monoisotopic (exact) mass is 433 g/mol. The number of aryl methyl sites for hydroxylation is 2. The Bertz CT molecular complexity index is 1400. The first-order valence-corrected chi connectivity index (χ1v) is 11.0. The average molecular weight is 434 g/mol. The zero-order valence-electron chi connectivity index (χ0n) is 17.7. The van der Waals surface area contributed by atoms with Gasteiger partial charge in [-0.3, -0.25) is 14.2 Å². The third-order valence-electron chi connectivity index (χ3n) is 5.24. The van der Waals surface area contributed by atoms with E-state index >= 15 is 0 Å². The molecule has 0 radical (unpaired) electrons. The van der Waals surface area contributed by atoms with Crippen LogP contribution >= 0.6 is 11.3 Å². The van der Waals surface area contributed by atoms with Gasteiger partial charge in [0.25, 0.3) is 5.56 Å². The van der Waals surface area contributed by atoms with E-state index in [0.29, 0.717) is 22.4 Å². The van der Waals surface area contributed by atoms with Crippen molar-refractivity contribution in [2.24, 2.45) is 0 Å². The molecule has 0 fully saturated rings. The number of likely N-dealkylation sites (N-methyl/N-ethyl adjacent to an activating group) is 1. The van der Waals surface area contributed by atoms with Gasteiger partial charge in [-0.1, -0.05) is 24.3 Å². The maximum atomic E-state index is 13.4. The highest BCUT2D eigenvalue weighted by Crippen LogP contribution is 2.19. The molecule has 0 aliphatic carbocycles. The summed E-state index contributed by atoms with van der Waals surface area (Å²) in [5.74, 6) is -0.211. The van der Waals surface area contributed by atoms with E-state index in [4.69, 9.17) is 0 Å². The van der Waals surface area contributed by atoms with Crippen LogP contribution in [-0.2, 0) is 11.3 Å². The van der Waals surface area contributed by atoms with Crippen molar-refractivity contribution in [1.29, 1.82) is 0 Å². The maximum Gasteiger partial charge on any atom is 0.336 e. The van der Waals surface area contributed by atoms with Crippen LogP contribution in [0.1, 0.15) is 18.1 Å². The fraction of sp³-hybridized carbons (Fsp3) is 0.208. The molecule has 2 aromatic heterocycles. The molecule has 0 aliphatic heterocycles. The minimum atomic E-state index is -0.518. The lowest BCUT2D eigenvalue weighted by molar-refractivity contribution is -0.119. The lowest BCUT2D eigenvalue weighted by Gasteiger charge is -2.22. The van der Waals surface area contributed by atoms with Gasteiger partial charge in [-0.2, -0.15) is 0 Å². The third-order valence-corrected chi connectivity index (χ3v) is 6.13.